The van der Waals surface area contributed by atoms with Gasteiger partial charge in [-0.1, -0.05) is 44.9 Å². The second kappa shape index (κ2) is 9.82. The van der Waals surface area contributed by atoms with E-state index < -0.39 is 10.8 Å². The Morgan fingerprint density at radius 3 is 2.67 bits per heavy atom. The molecule has 4 nitrogen and oxygen atoms in total. The van der Waals surface area contributed by atoms with Crippen LogP contribution >= 0.6 is 0 Å². The van der Waals surface area contributed by atoms with E-state index in [0.717, 1.165) is 35.8 Å². The third-order valence-corrected chi connectivity index (χ3v) is 6.40. The van der Waals surface area contributed by atoms with E-state index in [1.807, 2.05) is 37.4 Å². The molecule has 1 fully saturated rings. The second-order valence-electron chi connectivity index (χ2n) is 6.41. The van der Waals surface area contributed by atoms with E-state index in [1.165, 1.54) is 19.3 Å². The lowest BCUT2D eigenvalue weighted by atomic mass is 9.87. The van der Waals surface area contributed by atoms with Gasteiger partial charge in [-0.25, -0.2) is 0 Å². The molecule has 134 valence electrons. The standard InChI is InChI=1S/C19H31N3OS/c1-4-16(5-2)17-11-13-22(15-17)19(20-3)21-12-14-24(23)18-9-7-6-8-10-18/h6-10,16-17H,4-5,11-15H2,1-3H3,(H,20,21). The minimum atomic E-state index is -0.957. The molecule has 0 aromatic heterocycles. The van der Waals surface area contributed by atoms with Crippen molar-refractivity contribution in [3.63, 3.8) is 0 Å². The normalized spacial score (nSPS) is 19.8. The molecule has 0 saturated carbocycles. The van der Waals surface area contributed by atoms with Crippen molar-refractivity contribution in [2.24, 2.45) is 16.8 Å². The van der Waals surface area contributed by atoms with Crippen molar-refractivity contribution in [1.82, 2.24) is 10.2 Å². The largest absolute Gasteiger partial charge is 0.355 e. The van der Waals surface area contributed by atoms with E-state index in [9.17, 15) is 4.21 Å². The van der Waals surface area contributed by atoms with Gasteiger partial charge in [-0.15, -0.1) is 0 Å². The van der Waals surface area contributed by atoms with E-state index in [1.54, 1.807) is 0 Å². The smallest absolute Gasteiger partial charge is 0.193 e. The predicted molar refractivity (Wildman–Crippen MR) is 103 cm³/mol. The number of rotatable bonds is 7. The van der Waals surface area contributed by atoms with Crippen molar-refractivity contribution in [3.05, 3.63) is 30.3 Å². The summed E-state index contributed by atoms with van der Waals surface area (Å²) in [6, 6.07) is 9.66. The first-order valence-corrected chi connectivity index (χ1v) is 10.4. The van der Waals surface area contributed by atoms with E-state index in [2.05, 4.69) is 29.1 Å². The predicted octanol–water partition coefficient (Wildman–Crippen LogP) is 3.13. The Bertz CT molecular complexity index is 543. The van der Waals surface area contributed by atoms with Crippen molar-refractivity contribution >= 4 is 16.8 Å². The zero-order valence-corrected chi connectivity index (χ0v) is 16.0. The van der Waals surface area contributed by atoms with Crippen LogP contribution in [-0.4, -0.2) is 47.5 Å². The molecule has 1 N–H and O–H groups in total. The minimum absolute atomic E-state index is 0.604. The van der Waals surface area contributed by atoms with Gasteiger partial charge in [0, 0.05) is 37.3 Å². The average molecular weight is 350 g/mol. The number of nitrogens with one attached hydrogen (secondary N) is 1. The van der Waals surface area contributed by atoms with E-state index in [4.69, 9.17) is 0 Å². The quantitative estimate of drug-likeness (QED) is 0.608. The molecule has 0 bridgehead atoms. The Kier molecular flexibility index (Phi) is 7.76. The number of hydrogen-bond donors (Lipinski definition) is 1. The van der Waals surface area contributed by atoms with Crippen LogP contribution in [0.3, 0.4) is 0 Å². The summed E-state index contributed by atoms with van der Waals surface area (Å²) < 4.78 is 12.3. The lowest BCUT2D eigenvalue weighted by Gasteiger charge is -2.24. The molecule has 1 saturated heterocycles. The van der Waals surface area contributed by atoms with Gasteiger partial charge in [-0.05, 0) is 30.4 Å². The highest BCUT2D eigenvalue weighted by Gasteiger charge is 2.29. The molecule has 2 atom stereocenters. The van der Waals surface area contributed by atoms with Crippen molar-refractivity contribution in [2.45, 2.75) is 38.0 Å². The summed E-state index contributed by atoms with van der Waals surface area (Å²) >= 11 is 0. The highest BCUT2D eigenvalue weighted by Crippen LogP contribution is 2.28. The maximum atomic E-state index is 12.3. The fourth-order valence-corrected chi connectivity index (χ4v) is 4.58. The Morgan fingerprint density at radius 1 is 1.33 bits per heavy atom. The molecule has 2 rings (SSSR count). The summed E-state index contributed by atoms with van der Waals surface area (Å²) in [5.41, 5.74) is 0. The molecule has 1 aliphatic heterocycles. The Labute approximate surface area is 149 Å². The van der Waals surface area contributed by atoms with E-state index >= 15 is 0 Å². The maximum Gasteiger partial charge on any atom is 0.193 e. The summed E-state index contributed by atoms with van der Waals surface area (Å²) in [5.74, 6) is 3.15. The number of benzene rings is 1. The fourth-order valence-electron chi connectivity index (χ4n) is 3.60. The van der Waals surface area contributed by atoms with Gasteiger partial charge in [0.2, 0.25) is 0 Å². The molecule has 1 aromatic carbocycles. The lowest BCUT2D eigenvalue weighted by Crippen LogP contribution is -2.41. The van der Waals surface area contributed by atoms with Gasteiger partial charge >= 0.3 is 0 Å². The topological polar surface area (TPSA) is 44.7 Å². The van der Waals surface area contributed by atoms with Crippen molar-refractivity contribution < 1.29 is 4.21 Å². The van der Waals surface area contributed by atoms with E-state index in [0.29, 0.717) is 12.3 Å². The summed E-state index contributed by atoms with van der Waals surface area (Å²) in [6.45, 7) is 7.43. The average Bonchev–Trinajstić information content (AvgIpc) is 3.10. The molecule has 24 heavy (non-hydrogen) atoms. The molecule has 0 spiro atoms. The monoisotopic (exact) mass is 349 g/mol. The van der Waals surface area contributed by atoms with Crippen LogP contribution in [0.25, 0.3) is 0 Å². The number of nitrogens with zero attached hydrogens (tertiary/aromatic N) is 2. The number of likely N-dealkylation sites (tertiary alicyclic amines) is 1. The van der Waals surface area contributed by atoms with Gasteiger partial charge in [0.15, 0.2) is 5.96 Å². The highest BCUT2D eigenvalue weighted by molar-refractivity contribution is 7.85. The molecule has 0 amide bonds. The SMILES string of the molecule is CCC(CC)C1CCN(C(=NC)NCCS(=O)c2ccccc2)C1. The van der Waals surface area contributed by atoms with Crippen LogP contribution in [0.1, 0.15) is 33.1 Å². The lowest BCUT2D eigenvalue weighted by molar-refractivity contribution is 0.319. The van der Waals surface area contributed by atoms with Crippen molar-refractivity contribution in [3.8, 4) is 0 Å². The van der Waals surface area contributed by atoms with Gasteiger partial charge in [-0.3, -0.25) is 9.20 Å². The first-order chi connectivity index (χ1) is 11.7. The third-order valence-electron chi connectivity index (χ3n) is 5.03. The Balaban J connectivity index is 1.80. The van der Waals surface area contributed by atoms with E-state index in [-0.39, 0.29) is 0 Å². The molecule has 2 unspecified atom stereocenters. The molecule has 1 aliphatic rings. The molecule has 0 radical (unpaired) electrons. The van der Waals surface area contributed by atoms with Gasteiger partial charge in [-0.2, -0.15) is 0 Å². The number of hydrogen-bond acceptors (Lipinski definition) is 2. The molecule has 1 aromatic rings. The molecular weight excluding hydrogens is 318 g/mol. The fraction of sp³-hybridized carbons (Fsp3) is 0.632. The van der Waals surface area contributed by atoms with Gasteiger partial charge in [0.25, 0.3) is 0 Å². The summed E-state index contributed by atoms with van der Waals surface area (Å²) in [4.78, 5) is 7.67. The number of guanidine groups is 1. The van der Waals surface area contributed by atoms with Crippen molar-refractivity contribution in [2.75, 3.05) is 32.4 Å². The van der Waals surface area contributed by atoms with Crippen LogP contribution in [-0.2, 0) is 10.8 Å². The Morgan fingerprint density at radius 2 is 2.04 bits per heavy atom. The summed E-state index contributed by atoms with van der Waals surface area (Å²) in [5, 5.41) is 3.39. The molecule has 5 heteroatoms. The van der Waals surface area contributed by atoms with Crippen LogP contribution in [0, 0.1) is 11.8 Å². The molecule has 1 heterocycles. The number of aliphatic imine (C=N–C) groups is 1. The van der Waals surface area contributed by atoms with Crippen molar-refractivity contribution in [1.29, 1.82) is 0 Å². The first kappa shape index (κ1) is 19.0. The zero-order valence-electron chi connectivity index (χ0n) is 15.2. The van der Waals surface area contributed by atoms with Crippen LogP contribution in [0.2, 0.25) is 0 Å². The third kappa shape index (κ3) is 5.07. The first-order valence-electron chi connectivity index (χ1n) is 9.08. The highest BCUT2D eigenvalue weighted by atomic mass is 32.2. The summed E-state index contributed by atoms with van der Waals surface area (Å²) in [7, 11) is 0.878. The van der Waals surface area contributed by atoms with Crippen LogP contribution in [0.5, 0.6) is 0 Å². The van der Waals surface area contributed by atoms with Crippen LogP contribution < -0.4 is 5.32 Å². The van der Waals surface area contributed by atoms with Gasteiger partial charge in [0.05, 0.1) is 10.8 Å². The zero-order chi connectivity index (χ0) is 17.4. The van der Waals surface area contributed by atoms with Crippen LogP contribution in [0.4, 0.5) is 0 Å². The Hall–Kier alpha value is -1.36. The molecular formula is C19H31N3OS. The maximum absolute atomic E-state index is 12.3. The molecule has 0 aliphatic carbocycles. The van der Waals surface area contributed by atoms with Gasteiger partial charge < -0.3 is 10.2 Å². The minimum Gasteiger partial charge on any atom is -0.355 e. The van der Waals surface area contributed by atoms with Crippen LogP contribution in [0.15, 0.2) is 40.2 Å². The summed E-state index contributed by atoms with van der Waals surface area (Å²) in [6.07, 6.45) is 3.77. The van der Waals surface area contributed by atoms with Gasteiger partial charge in [0.1, 0.15) is 0 Å². The second-order valence-corrected chi connectivity index (χ2v) is 7.98.